The van der Waals surface area contributed by atoms with Gasteiger partial charge in [-0.15, -0.1) is 0 Å². The number of nitrogens with zero attached hydrogens (tertiary/aromatic N) is 1. The van der Waals surface area contributed by atoms with Crippen molar-refractivity contribution in [2.24, 2.45) is 0 Å². The molecule has 82 valence electrons. The third-order valence-electron chi connectivity index (χ3n) is 1.85. The Labute approximate surface area is 104 Å². The number of H-pyrrole nitrogens is 1. The van der Waals surface area contributed by atoms with Crippen molar-refractivity contribution in [3.05, 3.63) is 40.6 Å². The number of carboxylic acid groups (broad SMARTS) is 1. The Hall–Kier alpha value is -1.27. The van der Waals surface area contributed by atoms with Crippen LogP contribution in [0.4, 0.5) is 0 Å². The molecule has 0 saturated heterocycles. The third-order valence-corrected chi connectivity index (χ3v) is 3.34. The molecule has 1 heterocycles. The van der Waals surface area contributed by atoms with Crippen LogP contribution >= 0.6 is 27.7 Å². The zero-order valence-corrected chi connectivity index (χ0v) is 10.4. The van der Waals surface area contributed by atoms with Crippen molar-refractivity contribution in [3.63, 3.8) is 0 Å². The standard InChI is InChI=1S/C10H7BrN2O2S/c11-6-1-2-8(7(5-6)9(14)15)16-10-12-3-4-13-10/h1-5H,(H,12,13)(H,14,15). The van der Waals surface area contributed by atoms with Crippen molar-refractivity contribution in [2.45, 2.75) is 10.1 Å². The summed E-state index contributed by atoms with van der Waals surface area (Å²) in [7, 11) is 0. The monoisotopic (exact) mass is 298 g/mol. The molecule has 6 heteroatoms. The fourth-order valence-electron chi connectivity index (χ4n) is 1.17. The lowest BCUT2D eigenvalue weighted by atomic mass is 10.2. The van der Waals surface area contributed by atoms with E-state index in [-0.39, 0.29) is 5.56 Å². The number of hydrogen-bond donors (Lipinski definition) is 2. The van der Waals surface area contributed by atoms with Gasteiger partial charge in [0.2, 0.25) is 0 Å². The smallest absolute Gasteiger partial charge is 0.336 e. The Kier molecular flexibility index (Phi) is 3.31. The highest BCUT2D eigenvalue weighted by Crippen LogP contribution is 2.29. The van der Waals surface area contributed by atoms with Crippen molar-refractivity contribution in [1.82, 2.24) is 9.97 Å². The van der Waals surface area contributed by atoms with Gasteiger partial charge in [0.15, 0.2) is 5.16 Å². The van der Waals surface area contributed by atoms with Crippen LogP contribution in [0, 0.1) is 0 Å². The maximum absolute atomic E-state index is 11.0. The number of aromatic carboxylic acids is 1. The van der Waals surface area contributed by atoms with E-state index < -0.39 is 5.97 Å². The van der Waals surface area contributed by atoms with Gasteiger partial charge < -0.3 is 10.1 Å². The molecule has 2 N–H and O–H groups in total. The van der Waals surface area contributed by atoms with Crippen LogP contribution in [0.25, 0.3) is 0 Å². The molecule has 0 aliphatic carbocycles. The second-order valence-electron chi connectivity index (χ2n) is 2.94. The summed E-state index contributed by atoms with van der Waals surface area (Å²) in [6.45, 7) is 0. The number of imidazole rings is 1. The molecule has 4 nitrogen and oxygen atoms in total. The molecule has 0 spiro atoms. The lowest BCUT2D eigenvalue weighted by Crippen LogP contribution is -1.98. The van der Waals surface area contributed by atoms with Crippen molar-refractivity contribution in [1.29, 1.82) is 0 Å². The summed E-state index contributed by atoms with van der Waals surface area (Å²) in [4.78, 5) is 18.6. The van der Waals surface area contributed by atoms with Crippen LogP contribution in [0.2, 0.25) is 0 Å². The van der Waals surface area contributed by atoms with E-state index in [2.05, 4.69) is 25.9 Å². The van der Waals surface area contributed by atoms with Crippen molar-refractivity contribution in [2.75, 3.05) is 0 Å². The Morgan fingerprint density at radius 1 is 1.50 bits per heavy atom. The molecule has 0 amide bonds. The number of carboxylic acids is 1. The molecule has 0 unspecified atom stereocenters. The minimum absolute atomic E-state index is 0.260. The van der Waals surface area contributed by atoms with Crippen LogP contribution < -0.4 is 0 Å². The summed E-state index contributed by atoms with van der Waals surface area (Å²) >= 11 is 4.54. The first-order valence-electron chi connectivity index (χ1n) is 4.37. The number of benzene rings is 1. The van der Waals surface area contributed by atoms with Crippen molar-refractivity contribution in [3.8, 4) is 0 Å². The third kappa shape index (κ3) is 2.45. The minimum atomic E-state index is -0.949. The first-order chi connectivity index (χ1) is 7.66. The number of hydrogen-bond acceptors (Lipinski definition) is 3. The Bertz CT molecular complexity index is 514. The molecule has 2 aromatic rings. The van der Waals surface area contributed by atoms with Gasteiger partial charge in [-0.2, -0.15) is 0 Å². The average molecular weight is 299 g/mol. The molecule has 1 aromatic carbocycles. The second kappa shape index (κ2) is 4.71. The predicted molar refractivity (Wildman–Crippen MR) is 63.8 cm³/mol. The van der Waals surface area contributed by atoms with Crippen LogP contribution in [0.1, 0.15) is 10.4 Å². The number of rotatable bonds is 3. The molecule has 0 fully saturated rings. The van der Waals surface area contributed by atoms with Crippen LogP contribution in [-0.2, 0) is 0 Å². The lowest BCUT2D eigenvalue weighted by molar-refractivity contribution is 0.0693. The van der Waals surface area contributed by atoms with Gasteiger partial charge in [-0.05, 0) is 18.2 Å². The lowest BCUT2D eigenvalue weighted by Gasteiger charge is -2.04. The summed E-state index contributed by atoms with van der Waals surface area (Å²) in [6.07, 6.45) is 3.32. The average Bonchev–Trinajstić information content (AvgIpc) is 2.73. The fourth-order valence-corrected chi connectivity index (χ4v) is 2.37. The van der Waals surface area contributed by atoms with Gasteiger partial charge in [-0.1, -0.05) is 27.7 Å². The summed E-state index contributed by atoms with van der Waals surface area (Å²) < 4.78 is 0.744. The zero-order valence-electron chi connectivity index (χ0n) is 7.98. The first kappa shape index (κ1) is 11.2. The number of nitrogens with one attached hydrogen (secondary N) is 1. The number of halogens is 1. The highest BCUT2D eigenvalue weighted by molar-refractivity contribution is 9.10. The predicted octanol–water partition coefficient (Wildman–Crippen LogP) is 3.02. The Balaban J connectivity index is 2.36. The van der Waals surface area contributed by atoms with Gasteiger partial charge in [0, 0.05) is 21.8 Å². The van der Waals surface area contributed by atoms with Crippen LogP contribution in [-0.4, -0.2) is 21.0 Å². The van der Waals surface area contributed by atoms with E-state index in [4.69, 9.17) is 5.11 Å². The highest BCUT2D eigenvalue weighted by Gasteiger charge is 2.12. The maximum atomic E-state index is 11.0. The van der Waals surface area contributed by atoms with Gasteiger partial charge in [0.1, 0.15) is 0 Å². The highest BCUT2D eigenvalue weighted by atomic mass is 79.9. The summed E-state index contributed by atoms with van der Waals surface area (Å²) in [5, 5.41) is 9.73. The summed E-state index contributed by atoms with van der Waals surface area (Å²) in [6, 6.07) is 5.13. The molecule has 0 aliphatic rings. The largest absolute Gasteiger partial charge is 0.478 e. The van der Waals surface area contributed by atoms with Gasteiger partial charge >= 0.3 is 5.97 Å². The molecule has 0 atom stereocenters. The van der Waals surface area contributed by atoms with Gasteiger partial charge in [-0.25, -0.2) is 9.78 Å². The van der Waals surface area contributed by atoms with Crippen LogP contribution in [0.3, 0.4) is 0 Å². The van der Waals surface area contributed by atoms with Crippen LogP contribution in [0.5, 0.6) is 0 Å². The molecule has 2 rings (SSSR count). The minimum Gasteiger partial charge on any atom is -0.478 e. The second-order valence-corrected chi connectivity index (χ2v) is 4.89. The number of aromatic nitrogens is 2. The first-order valence-corrected chi connectivity index (χ1v) is 5.98. The van der Waals surface area contributed by atoms with Crippen molar-refractivity contribution >= 4 is 33.7 Å². The topological polar surface area (TPSA) is 66.0 Å². The molecular weight excluding hydrogens is 292 g/mol. The number of aromatic amines is 1. The molecular formula is C10H7BrN2O2S. The van der Waals surface area contributed by atoms with E-state index in [9.17, 15) is 4.79 Å². The molecule has 0 bridgehead atoms. The van der Waals surface area contributed by atoms with Gasteiger partial charge in [0.25, 0.3) is 0 Å². The van der Waals surface area contributed by atoms with Gasteiger partial charge in [-0.3, -0.25) is 0 Å². The SMILES string of the molecule is O=C(O)c1cc(Br)ccc1Sc1ncc[nH]1. The Morgan fingerprint density at radius 2 is 2.31 bits per heavy atom. The summed E-state index contributed by atoms with van der Waals surface area (Å²) in [5.74, 6) is -0.949. The van der Waals surface area contributed by atoms with E-state index >= 15 is 0 Å². The maximum Gasteiger partial charge on any atom is 0.336 e. The van der Waals surface area contributed by atoms with Crippen molar-refractivity contribution < 1.29 is 9.90 Å². The number of carbonyl (C=O) groups is 1. The molecule has 0 saturated carbocycles. The normalized spacial score (nSPS) is 10.3. The van der Waals surface area contributed by atoms with E-state index in [0.29, 0.717) is 10.1 Å². The van der Waals surface area contributed by atoms with E-state index in [1.165, 1.54) is 11.8 Å². The molecule has 16 heavy (non-hydrogen) atoms. The van der Waals surface area contributed by atoms with E-state index in [1.807, 2.05) is 0 Å². The Morgan fingerprint density at radius 3 is 2.94 bits per heavy atom. The zero-order chi connectivity index (χ0) is 11.5. The quantitative estimate of drug-likeness (QED) is 0.914. The molecule has 1 aromatic heterocycles. The van der Waals surface area contributed by atoms with Gasteiger partial charge in [0.05, 0.1) is 5.56 Å². The fraction of sp³-hybridized carbons (Fsp3) is 0. The molecule has 0 aliphatic heterocycles. The summed E-state index contributed by atoms with van der Waals surface area (Å²) in [5.41, 5.74) is 0.260. The molecule has 0 radical (unpaired) electrons. The van der Waals surface area contributed by atoms with E-state index in [1.54, 1.807) is 30.6 Å². The van der Waals surface area contributed by atoms with E-state index in [0.717, 1.165) is 4.47 Å². The van der Waals surface area contributed by atoms with Crippen LogP contribution in [0.15, 0.2) is 45.1 Å².